The SMILES string of the molecule is CCCC(=O)NCc1nc(C(=O)O)cs1. The Balaban J connectivity index is 2.44. The molecule has 0 atom stereocenters. The van der Waals surface area contributed by atoms with Crippen LogP contribution in [0.15, 0.2) is 5.38 Å². The number of aromatic carboxylic acids is 1. The summed E-state index contributed by atoms with van der Waals surface area (Å²) in [5.74, 6) is -1.08. The molecule has 0 fully saturated rings. The average Bonchev–Trinajstić information content (AvgIpc) is 2.63. The maximum absolute atomic E-state index is 11.1. The molecule has 0 aliphatic rings. The summed E-state index contributed by atoms with van der Waals surface area (Å²) in [5, 5.41) is 13.4. The van der Waals surface area contributed by atoms with Crippen molar-refractivity contribution in [3.63, 3.8) is 0 Å². The third-order valence-corrected chi connectivity index (χ3v) is 2.53. The van der Waals surface area contributed by atoms with E-state index in [-0.39, 0.29) is 11.6 Å². The van der Waals surface area contributed by atoms with Gasteiger partial charge in [0.25, 0.3) is 0 Å². The molecule has 0 aliphatic carbocycles. The predicted molar refractivity (Wildman–Crippen MR) is 55.8 cm³/mol. The highest BCUT2D eigenvalue weighted by Gasteiger charge is 2.08. The number of carboxylic acid groups (broad SMARTS) is 1. The zero-order valence-corrected chi connectivity index (χ0v) is 9.13. The molecule has 0 bridgehead atoms. The molecule has 0 saturated carbocycles. The molecule has 6 heteroatoms. The standard InChI is InChI=1S/C9H12N2O3S/c1-2-3-7(12)10-4-8-11-6(5-15-8)9(13)14/h5H,2-4H2,1H3,(H,10,12)(H,13,14). The maximum atomic E-state index is 11.1. The molecular formula is C9H12N2O3S. The Morgan fingerprint density at radius 2 is 2.33 bits per heavy atom. The van der Waals surface area contributed by atoms with E-state index in [1.54, 1.807) is 0 Å². The Bertz CT molecular complexity index is 362. The summed E-state index contributed by atoms with van der Waals surface area (Å²) < 4.78 is 0. The topological polar surface area (TPSA) is 79.3 Å². The van der Waals surface area contributed by atoms with Gasteiger partial charge in [0.1, 0.15) is 5.01 Å². The van der Waals surface area contributed by atoms with Gasteiger partial charge >= 0.3 is 5.97 Å². The van der Waals surface area contributed by atoms with Crippen LogP contribution in [0.2, 0.25) is 0 Å². The molecule has 82 valence electrons. The van der Waals surface area contributed by atoms with Crippen LogP contribution in [0, 0.1) is 0 Å². The number of aromatic nitrogens is 1. The minimum absolute atomic E-state index is 0.0275. The molecule has 1 aromatic heterocycles. The summed E-state index contributed by atoms with van der Waals surface area (Å²) in [6.45, 7) is 2.22. The molecule has 2 N–H and O–H groups in total. The van der Waals surface area contributed by atoms with Crippen molar-refractivity contribution in [1.82, 2.24) is 10.3 Å². The molecule has 0 radical (unpaired) electrons. The number of carboxylic acids is 1. The maximum Gasteiger partial charge on any atom is 0.355 e. The van der Waals surface area contributed by atoms with Crippen LogP contribution in [0.25, 0.3) is 0 Å². The summed E-state index contributed by atoms with van der Waals surface area (Å²) in [7, 11) is 0. The number of hydrogen-bond acceptors (Lipinski definition) is 4. The highest BCUT2D eigenvalue weighted by atomic mass is 32.1. The summed E-state index contributed by atoms with van der Waals surface area (Å²) in [4.78, 5) is 25.5. The number of hydrogen-bond donors (Lipinski definition) is 2. The first-order valence-corrected chi connectivity index (χ1v) is 5.45. The van der Waals surface area contributed by atoms with Crippen LogP contribution < -0.4 is 5.32 Å². The molecule has 1 heterocycles. The first kappa shape index (κ1) is 11.6. The highest BCUT2D eigenvalue weighted by molar-refractivity contribution is 7.09. The lowest BCUT2D eigenvalue weighted by Crippen LogP contribution is -2.22. The van der Waals surface area contributed by atoms with Gasteiger partial charge in [0.05, 0.1) is 6.54 Å². The van der Waals surface area contributed by atoms with E-state index in [2.05, 4.69) is 10.3 Å². The van der Waals surface area contributed by atoms with Crippen LogP contribution in [0.1, 0.15) is 35.3 Å². The minimum Gasteiger partial charge on any atom is -0.476 e. The van der Waals surface area contributed by atoms with Gasteiger partial charge < -0.3 is 10.4 Å². The van der Waals surface area contributed by atoms with Crippen molar-refractivity contribution in [3.05, 3.63) is 16.1 Å². The van der Waals surface area contributed by atoms with E-state index in [0.717, 1.165) is 6.42 Å². The van der Waals surface area contributed by atoms with Gasteiger partial charge in [0.15, 0.2) is 5.69 Å². The second kappa shape index (κ2) is 5.45. The Morgan fingerprint density at radius 1 is 1.60 bits per heavy atom. The molecule has 15 heavy (non-hydrogen) atoms. The van der Waals surface area contributed by atoms with Crippen LogP contribution in [0.4, 0.5) is 0 Å². The normalized spacial score (nSPS) is 9.93. The van der Waals surface area contributed by atoms with Gasteiger partial charge in [-0.2, -0.15) is 0 Å². The van der Waals surface area contributed by atoms with E-state index in [0.29, 0.717) is 18.0 Å². The number of amides is 1. The summed E-state index contributed by atoms with van der Waals surface area (Å²) >= 11 is 1.23. The molecule has 0 spiro atoms. The molecule has 1 aromatic rings. The molecule has 0 aromatic carbocycles. The summed E-state index contributed by atoms with van der Waals surface area (Å²) in [6, 6.07) is 0. The van der Waals surface area contributed by atoms with Gasteiger partial charge in [0.2, 0.25) is 5.91 Å². The molecular weight excluding hydrogens is 216 g/mol. The van der Waals surface area contributed by atoms with Gasteiger partial charge in [-0.1, -0.05) is 6.92 Å². The van der Waals surface area contributed by atoms with E-state index < -0.39 is 5.97 Å². The predicted octanol–water partition coefficient (Wildman–Crippen LogP) is 1.26. The molecule has 0 saturated heterocycles. The van der Waals surface area contributed by atoms with Crippen molar-refractivity contribution in [1.29, 1.82) is 0 Å². The largest absolute Gasteiger partial charge is 0.476 e. The quantitative estimate of drug-likeness (QED) is 0.795. The Morgan fingerprint density at radius 3 is 2.87 bits per heavy atom. The zero-order chi connectivity index (χ0) is 11.3. The number of nitrogens with zero attached hydrogens (tertiary/aromatic N) is 1. The van der Waals surface area contributed by atoms with Crippen molar-refractivity contribution >= 4 is 23.2 Å². The fraction of sp³-hybridized carbons (Fsp3) is 0.444. The van der Waals surface area contributed by atoms with Crippen LogP contribution in [0.5, 0.6) is 0 Å². The van der Waals surface area contributed by atoms with Gasteiger partial charge in [0, 0.05) is 11.8 Å². The van der Waals surface area contributed by atoms with Gasteiger partial charge in [-0.3, -0.25) is 4.79 Å². The molecule has 0 unspecified atom stereocenters. The fourth-order valence-electron chi connectivity index (χ4n) is 0.980. The van der Waals surface area contributed by atoms with Crippen LogP contribution >= 0.6 is 11.3 Å². The number of rotatable bonds is 5. The smallest absolute Gasteiger partial charge is 0.355 e. The van der Waals surface area contributed by atoms with Crippen molar-refractivity contribution in [2.24, 2.45) is 0 Å². The van der Waals surface area contributed by atoms with Crippen LogP contribution in [-0.4, -0.2) is 22.0 Å². The minimum atomic E-state index is -1.04. The van der Waals surface area contributed by atoms with E-state index in [1.807, 2.05) is 6.92 Å². The number of nitrogens with one attached hydrogen (secondary N) is 1. The summed E-state index contributed by atoms with van der Waals surface area (Å²) in [5.41, 5.74) is 0.0275. The van der Waals surface area contributed by atoms with Gasteiger partial charge in [-0.25, -0.2) is 9.78 Å². The second-order valence-corrected chi connectivity index (χ2v) is 3.90. The van der Waals surface area contributed by atoms with Gasteiger partial charge in [-0.15, -0.1) is 11.3 Å². The monoisotopic (exact) mass is 228 g/mol. The van der Waals surface area contributed by atoms with Crippen molar-refractivity contribution in [2.45, 2.75) is 26.3 Å². The molecule has 1 amide bonds. The van der Waals surface area contributed by atoms with Crippen molar-refractivity contribution in [3.8, 4) is 0 Å². The lowest BCUT2D eigenvalue weighted by molar-refractivity contribution is -0.121. The molecule has 5 nitrogen and oxygen atoms in total. The van der Waals surface area contributed by atoms with E-state index in [1.165, 1.54) is 16.7 Å². The average molecular weight is 228 g/mol. The van der Waals surface area contributed by atoms with Crippen molar-refractivity contribution < 1.29 is 14.7 Å². The summed E-state index contributed by atoms with van der Waals surface area (Å²) in [6.07, 6.45) is 1.28. The first-order valence-electron chi connectivity index (χ1n) is 4.58. The van der Waals surface area contributed by atoms with Crippen LogP contribution in [0.3, 0.4) is 0 Å². The zero-order valence-electron chi connectivity index (χ0n) is 8.32. The second-order valence-electron chi connectivity index (χ2n) is 2.96. The third-order valence-electron chi connectivity index (χ3n) is 1.68. The van der Waals surface area contributed by atoms with Crippen molar-refractivity contribution in [2.75, 3.05) is 0 Å². The number of carbonyl (C=O) groups excluding carboxylic acids is 1. The van der Waals surface area contributed by atoms with E-state index in [9.17, 15) is 9.59 Å². The lowest BCUT2D eigenvalue weighted by atomic mass is 10.3. The highest BCUT2D eigenvalue weighted by Crippen LogP contribution is 2.09. The number of thiazole rings is 1. The Labute approximate surface area is 91.1 Å². The Kier molecular flexibility index (Phi) is 4.23. The Hall–Kier alpha value is -1.43. The fourth-order valence-corrected chi connectivity index (χ4v) is 1.69. The number of carbonyl (C=O) groups is 2. The molecule has 0 aliphatic heterocycles. The first-order chi connectivity index (χ1) is 7.13. The van der Waals surface area contributed by atoms with Gasteiger partial charge in [-0.05, 0) is 6.42 Å². The molecule has 1 rings (SSSR count). The van der Waals surface area contributed by atoms with Crippen LogP contribution in [-0.2, 0) is 11.3 Å². The lowest BCUT2D eigenvalue weighted by Gasteiger charge is -2.00. The third kappa shape index (κ3) is 3.67. The van der Waals surface area contributed by atoms with E-state index >= 15 is 0 Å². The van der Waals surface area contributed by atoms with E-state index in [4.69, 9.17) is 5.11 Å².